The van der Waals surface area contributed by atoms with E-state index < -0.39 is 10.2 Å². The van der Waals surface area contributed by atoms with Crippen molar-refractivity contribution in [2.24, 2.45) is 0 Å². The van der Waals surface area contributed by atoms with Crippen molar-refractivity contribution in [1.29, 1.82) is 0 Å². The quantitative estimate of drug-likeness (QED) is 0.862. The molecule has 0 aromatic carbocycles. The molecule has 0 bridgehead atoms. The third-order valence-corrected chi connectivity index (χ3v) is 5.21. The van der Waals surface area contributed by atoms with E-state index in [0.717, 1.165) is 17.7 Å². The van der Waals surface area contributed by atoms with Crippen LogP contribution in [0.1, 0.15) is 31.6 Å². The minimum atomic E-state index is -3.34. The van der Waals surface area contributed by atoms with Crippen molar-refractivity contribution in [3.05, 3.63) is 22.4 Å². The first-order chi connectivity index (χ1) is 7.99. The summed E-state index contributed by atoms with van der Waals surface area (Å²) in [5.74, 6) is 0. The molecular weight excluding hydrogens is 256 g/mol. The van der Waals surface area contributed by atoms with Gasteiger partial charge in [-0.15, -0.1) is 11.3 Å². The molecule has 6 heteroatoms. The van der Waals surface area contributed by atoms with Crippen LogP contribution in [0.2, 0.25) is 0 Å². The van der Waals surface area contributed by atoms with Gasteiger partial charge >= 0.3 is 0 Å². The molecule has 1 aromatic rings. The maximum atomic E-state index is 12.2. The molecule has 17 heavy (non-hydrogen) atoms. The van der Waals surface area contributed by atoms with Crippen molar-refractivity contribution >= 4 is 21.5 Å². The molecule has 1 saturated carbocycles. The Morgan fingerprint density at radius 1 is 1.53 bits per heavy atom. The third-order valence-electron chi connectivity index (χ3n) is 2.54. The second-order valence-corrected chi connectivity index (χ2v) is 7.32. The monoisotopic (exact) mass is 274 g/mol. The molecule has 0 spiro atoms. The van der Waals surface area contributed by atoms with Crippen molar-refractivity contribution < 1.29 is 8.42 Å². The van der Waals surface area contributed by atoms with Crippen LogP contribution in [0.25, 0.3) is 0 Å². The van der Waals surface area contributed by atoms with E-state index in [-0.39, 0.29) is 12.1 Å². The normalized spacial score (nSPS) is 16.9. The molecule has 1 aliphatic rings. The summed E-state index contributed by atoms with van der Waals surface area (Å²) in [6.07, 6.45) is 1.95. The smallest absolute Gasteiger partial charge is 0.200 e. The number of hydrogen-bond acceptors (Lipinski definition) is 3. The fourth-order valence-electron chi connectivity index (χ4n) is 1.69. The average molecular weight is 274 g/mol. The largest absolute Gasteiger partial charge is 0.280 e. The summed E-state index contributed by atoms with van der Waals surface area (Å²) < 4.78 is 28.6. The van der Waals surface area contributed by atoms with Gasteiger partial charge in [0.25, 0.3) is 10.2 Å². The van der Waals surface area contributed by atoms with Crippen molar-refractivity contribution in [2.75, 3.05) is 0 Å². The van der Waals surface area contributed by atoms with Gasteiger partial charge in [-0.25, -0.2) is 0 Å². The molecule has 0 radical (unpaired) electrons. The van der Waals surface area contributed by atoms with Crippen LogP contribution in [0, 0.1) is 0 Å². The highest BCUT2D eigenvalue weighted by atomic mass is 32.2. The second kappa shape index (κ2) is 5.06. The molecule has 1 heterocycles. The van der Waals surface area contributed by atoms with Crippen molar-refractivity contribution in [1.82, 2.24) is 9.03 Å². The molecule has 1 aliphatic carbocycles. The first kappa shape index (κ1) is 13.0. The van der Waals surface area contributed by atoms with Gasteiger partial charge in [0.2, 0.25) is 0 Å². The Hall–Kier alpha value is -0.430. The molecule has 0 atom stereocenters. The summed E-state index contributed by atoms with van der Waals surface area (Å²) in [5.41, 5.74) is 0. The molecule has 96 valence electrons. The standard InChI is InChI=1S/C11H18N2O2S2/c1-9(2)12-17(14,15)13(10-5-6-10)8-11-4-3-7-16-11/h3-4,7,9-10,12H,5-6,8H2,1-2H3. The van der Waals surface area contributed by atoms with Gasteiger partial charge in [0.15, 0.2) is 0 Å². The molecule has 1 fully saturated rings. The van der Waals surface area contributed by atoms with Crippen LogP contribution in [0.3, 0.4) is 0 Å². The first-order valence-electron chi connectivity index (χ1n) is 5.80. The van der Waals surface area contributed by atoms with E-state index in [1.807, 2.05) is 31.4 Å². The molecule has 4 nitrogen and oxygen atoms in total. The SMILES string of the molecule is CC(C)NS(=O)(=O)N(Cc1cccs1)C1CC1. The predicted octanol–water partition coefficient (Wildman–Crippen LogP) is 1.96. The molecule has 1 N–H and O–H groups in total. The highest BCUT2D eigenvalue weighted by Crippen LogP contribution is 2.31. The van der Waals surface area contributed by atoms with E-state index in [2.05, 4.69) is 4.72 Å². The summed E-state index contributed by atoms with van der Waals surface area (Å²) >= 11 is 1.60. The van der Waals surface area contributed by atoms with Crippen molar-refractivity contribution in [3.63, 3.8) is 0 Å². The van der Waals surface area contributed by atoms with E-state index in [1.165, 1.54) is 0 Å². The molecule has 2 rings (SSSR count). The van der Waals surface area contributed by atoms with Gasteiger partial charge in [0.1, 0.15) is 0 Å². The Morgan fingerprint density at radius 2 is 2.24 bits per heavy atom. The van der Waals surface area contributed by atoms with E-state index in [4.69, 9.17) is 0 Å². The lowest BCUT2D eigenvalue weighted by Crippen LogP contribution is -2.44. The number of nitrogens with one attached hydrogen (secondary N) is 1. The van der Waals surface area contributed by atoms with Crippen LogP contribution in [0.4, 0.5) is 0 Å². The third kappa shape index (κ3) is 3.51. The number of nitrogens with zero attached hydrogens (tertiary/aromatic N) is 1. The average Bonchev–Trinajstić information content (AvgIpc) is 2.90. The van der Waals surface area contributed by atoms with E-state index >= 15 is 0 Å². The van der Waals surface area contributed by atoms with Gasteiger partial charge in [0.05, 0.1) is 0 Å². The highest BCUT2D eigenvalue weighted by Gasteiger charge is 2.37. The van der Waals surface area contributed by atoms with Crippen LogP contribution in [-0.2, 0) is 16.8 Å². The highest BCUT2D eigenvalue weighted by molar-refractivity contribution is 7.87. The lowest BCUT2D eigenvalue weighted by Gasteiger charge is -2.22. The molecule has 0 saturated heterocycles. The van der Waals surface area contributed by atoms with E-state index in [0.29, 0.717) is 6.54 Å². The van der Waals surface area contributed by atoms with E-state index in [9.17, 15) is 8.42 Å². The Labute approximate surface area is 107 Å². The van der Waals surface area contributed by atoms with Crippen LogP contribution < -0.4 is 4.72 Å². The Bertz CT molecular complexity index is 450. The molecular formula is C11H18N2O2S2. The maximum absolute atomic E-state index is 12.2. The van der Waals surface area contributed by atoms with Crippen LogP contribution in [-0.4, -0.2) is 24.8 Å². The van der Waals surface area contributed by atoms with Crippen molar-refractivity contribution in [3.8, 4) is 0 Å². The number of hydrogen-bond donors (Lipinski definition) is 1. The molecule has 1 aromatic heterocycles. The predicted molar refractivity (Wildman–Crippen MR) is 70.1 cm³/mol. The number of thiophene rings is 1. The van der Waals surface area contributed by atoms with Gasteiger partial charge in [-0.05, 0) is 38.1 Å². The zero-order chi connectivity index (χ0) is 12.5. The summed E-state index contributed by atoms with van der Waals surface area (Å²) in [4.78, 5) is 1.09. The van der Waals surface area contributed by atoms with Crippen LogP contribution in [0.5, 0.6) is 0 Å². The van der Waals surface area contributed by atoms with E-state index in [1.54, 1.807) is 15.6 Å². The molecule has 0 aliphatic heterocycles. The zero-order valence-electron chi connectivity index (χ0n) is 10.1. The van der Waals surface area contributed by atoms with Crippen LogP contribution >= 0.6 is 11.3 Å². The zero-order valence-corrected chi connectivity index (χ0v) is 11.7. The topological polar surface area (TPSA) is 49.4 Å². The van der Waals surface area contributed by atoms with Crippen LogP contribution in [0.15, 0.2) is 17.5 Å². The van der Waals surface area contributed by atoms with Gasteiger partial charge in [-0.2, -0.15) is 17.4 Å². The fourth-order valence-corrected chi connectivity index (χ4v) is 4.12. The van der Waals surface area contributed by atoms with Gasteiger partial charge in [0, 0.05) is 23.5 Å². The minimum Gasteiger partial charge on any atom is -0.200 e. The maximum Gasteiger partial charge on any atom is 0.280 e. The summed E-state index contributed by atoms with van der Waals surface area (Å²) in [6, 6.07) is 4.05. The second-order valence-electron chi connectivity index (χ2n) is 4.63. The minimum absolute atomic E-state index is 0.0652. The number of rotatable bonds is 6. The Morgan fingerprint density at radius 3 is 2.71 bits per heavy atom. The molecule has 0 amide bonds. The lowest BCUT2D eigenvalue weighted by molar-refractivity contribution is 0.390. The Kier molecular flexibility index (Phi) is 3.87. The molecule has 0 unspecified atom stereocenters. The summed E-state index contributed by atoms with van der Waals surface area (Å²) in [6.45, 7) is 4.17. The van der Waals surface area contributed by atoms with Gasteiger partial charge in [-0.1, -0.05) is 6.07 Å². The van der Waals surface area contributed by atoms with Crippen molar-refractivity contribution in [2.45, 2.75) is 45.3 Å². The fraction of sp³-hybridized carbons (Fsp3) is 0.636. The first-order valence-corrected chi connectivity index (χ1v) is 8.12. The summed E-state index contributed by atoms with van der Waals surface area (Å²) in [7, 11) is -3.34. The van der Waals surface area contributed by atoms with Gasteiger partial charge in [-0.3, -0.25) is 0 Å². The summed E-state index contributed by atoms with van der Waals surface area (Å²) in [5, 5.41) is 1.98. The Balaban J connectivity index is 2.12. The lowest BCUT2D eigenvalue weighted by atomic mass is 10.4. The van der Waals surface area contributed by atoms with Gasteiger partial charge < -0.3 is 0 Å².